The average molecular weight is 445 g/mol. The maximum atomic E-state index is 12.6. The molecule has 3 aliphatic rings. The van der Waals surface area contributed by atoms with Crippen molar-refractivity contribution in [2.45, 2.75) is 63.8 Å². The number of rotatable bonds is 13. The first-order chi connectivity index (χ1) is 15.7. The Hall–Kier alpha value is -1.47. The summed E-state index contributed by atoms with van der Waals surface area (Å²) in [7, 11) is 3.22. The summed E-state index contributed by atoms with van der Waals surface area (Å²) >= 11 is 0. The van der Waals surface area contributed by atoms with E-state index in [-0.39, 0.29) is 12.2 Å². The molecule has 1 aromatic rings. The van der Waals surface area contributed by atoms with Gasteiger partial charge in [0.1, 0.15) is 0 Å². The van der Waals surface area contributed by atoms with Gasteiger partial charge in [0.05, 0.1) is 26.2 Å². The number of nitrogens with zero attached hydrogens (tertiary/aromatic N) is 2. The van der Waals surface area contributed by atoms with Crippen molar-refractivity contribution >= 4 is 5.91 Å². The van der Waals surface area contributed by atoms with Gasteiger partial charge in [-0.15, -0.1) is 0 Å². The van der Waals surface area contributed by atoms with Crippen LogP contribution in [0.2, 0.25) is 0 Å². The van der Waals surface area contributed by atoms with E-state index in [0.717, 1.165) is 37.6 Å². The normalized spacial score (nSPS) is 23.1. The number of ether oxygens (including phenoxy) is 3. The third-order valence-electron chi connectivity index (χ3n) is 7.41. The highest BCUT2D eigenvalue weighted by atomic mass is 16.7. The van der Waals surface area contributed by atoms with Gasteiger partial charge in [-0.05, 0) is 55.1 Å². The van der Waals surface area contributed by atoms with E-state index in [1.165, 1.54) is 43.5 Å². The fourth-order valence-corrected chi connectivity index (χ4v) is 5.37. The Balaban J connectivity index is 1.12. The van der Waals surface area contributed by atoms with Crippen molar-refractivity contribution in [1.29, 1.82) is 0 Å². The van der Waals surface area contributed by atoms with Crippen molar-refractivity contribution < 1.29 is 19.0 Å². The Labute approximate surface area is 193 Å². The summed E-state index contributed by atoms with van der Waals surface area (Å²) in [5, 5.41) is 0. The monoisotopic (exact) mass is 444 g/mol. The molecule has 2 aliphatic carbocycles. The largest absolute Gasteiger partial charge is 0.381 e. The number of carbonyl (C=O) groups excluding carboxylic acids is 1. The Morgan fingerprint density at radius 3 is 2.28 bits per heavy atom. The van der Waals surface area contributed by atoms with Gasteiger partial charge in [0.25, 0.3) is 0 Å². The standard InChI is InChI=1S/C26H40N2O4/c1-30-26(31-2)19-28(24-10-11-24)25(29)13-15-32-14-12-20-6-8-21(9-7-20)16-27-17-22-4-3-5-23(22)18-27/h6-9,22-24,26H,3-5,10-19H2,1-2H3. The molecule has 0 N–H and O–H groups in total. The second-order valence-corrected chi connectivity index (χ2v) is 9.75. The topological polar surface area (TPSA) is 51.2 Å². The summed E-state index contributed by atoms with van der Waals surface area (Å²) in [5.41, 5.74) is 2.70. The summed E-state index contributed by atoms with van der Waals surface area (Å²) in [4.78, 5) is 17.1. The molecular formula is C26H40N2O4. The van der Waals surface area contributed by atoms with E-state index in [2.05, 4.69) is 29.2 Å². The number of benzene rings is 1. The number of carbonyl (C=O) groups is 1. The van der Waals surface area contributed by atoms with E-state index >= 15 is 0 Å². The minimum Gasteiger partial charge on any atom is -0.381 e. The molecule has 32 heavy (non-hydrogen) atoms. The van der Waals surface area contributed by atoms with Crippen LogP contribution in [0.3, 0.4) is 0 Å². The lowest BCUT2D eigenvalue weighted by atomic mass is 10.0. The summed E-state index contributed by atoms with van der Waals surface area (Å²) in [5.74, 6) is 2.04. The average Bonchev–Trinajstić information content (AvgIpc) is 3.43. The van der Waals surface area contributed by atoms with E-state index in [0.29, 0.717) is 32.2 Å². The number of methoxy groups -OCH3 is 2. The van der Waals surface area contributed by atoms with Gasteiger partial charge in [0.2, 0.25) is 5.91 Å². The van der Waals surface area contributed by atoms with Crippen LogP contribution in [0.1, 0.15) is 49.7 Å². The van der Waals surface area contributed by atoms with Gasteiger partial charge >= 0.3 is 0 Å². The Bertz CT molecular complexity index is 705. The molecule has 0 spiro atoms. The Kier molecular flexibility index (Phi) is 8.58. The van der Waals surface area contributed by atoms with Crippen molar-refractivity contribution in [3.8, 4) is 0 Å². The maximum Gasteiger partial charge on any atom is 0.225 e. The SMILES string of the molecule is COC(CN(C(=O)CCOCCc1ccc(CN2CC3CCCC3C2)cc1)C1CC1)OC. The molecule has 178 valence electrons. The fraction of sp³-hybridized carbons (Fsp3) is 0.731. The predicted molar refractivity (Wildman–Crippen MR) is 124 cm³/mol. The van der Waals surface area contributed by atoms with E-state index in [9.17, 15) is 4.79 Å². The minimum atomic E-state index is -0.367. The first-order valence-corrected chi connectivity index (χ1v) is 12.4. The number of fused-ring (bicyclic) bond motifs is 1. The molecule has 0 aromatic heterocycles. The molecule has 0 radical (unpaired) electrons. The van der Waals surface area contributed by atoms with E-state index in [1.54, 1.807) is 14.2 Å². The molecule has 0 bridgehead atoms. The number of likely N-dealkylation sites (tertiary alicyclic amines) is 1. The zero-order chi connectivity index (χ0) is 22.3. The van der Waals surface area contributed by atoms with Crippen molar-refractivity contribution in [2.75, 3.05) is 47.1 Å². The second-order valence-electron chi connectivity index (χ2n) is 9.75. The summed E-state index contributed by atoms with van der Waals surface area (Å²) in [6.07, 6.45) is 7.38. The molecule has 1 amide bonds. The lowest BCUT2D eigenvalue weighted by molar-refractivity contribution is -0.147. The van der Waals surface area contributed by atoms with Crippen LogP contribution in [0.4, 0.5) is 0 Å². The van der Waals surface area contributed by atoms with Crippen molar-refractivity contribution in [3.05, 3.63) is 35.4 Å². The molecule has 2 atom stereocenters. The van der Waals surface area contributed by atoms with Crippen LogP contribution in [0.15, 0.2) is 24.3 Å². The Morgan fingerprint density at radius 1 is 1.00 bits per heavy atom. The molecule has 1 heterocycles. The van der Waals surface area contributed by atoms with Gasteiger partial charge in [0, 0.05) is 39.9 Å². The molecule has 6 nitrogen and oxygen atoms in total. The number of hydrogen-bond acceptors (Lipinski definition) is 5. The van der Waals surface area contributed by atoms with Crippen LogP contribution in [-0.4, -0.2) is 75.1 Å². The summed E-state index contributed by atoms with van der Waals surface area (Å²) < 4.78 is 16.3. The highest BCUT2D eigenvalue weighted by Gasteiger charge is 2.36. The number of amides is 1. The lowest BCUT2D eigenvalue weighted by Crippen LogP contribution is -2.40. The van der Waals surface area contributed by atoms with Gasteiger partial charge < -0.3 is 19.1 Å². The van der Waals surface area contributed by atoms with Crippen LogP contribution >= 0.6 is 0 Å². The quantitative estimate of drug-likeness (QED) is 0.344. The van der Waals surface area contributed by atoms with E-state index in [1.807, 2.05) is 4.90 Å². The molecule has 2 saturated carbocycles. The zero-order valence-corrected chi connectivity index (χ0v) is 19.8. The van der Waals surface area contributed by atoms with Crippen LogP contribution in [0.5, 0.6) is 0 Å². The third kappa shape index (κ3) is 6.53. The molecule has 2 unspecified atom stereocenters. The van der Waals surface area contributed by atoms with E-state index in [4.69, 9.17) is 14.2 Å². The number of hydrogen-bond donors (Lipinski definition) is 0. The summed E-state index contributed by atoms with van der Waals surface area (Å²) in [6, 6.07) is 9.33. The molecule has 1 saturated heterocycles. The molecule has 1 aliphatic heterocycles. The maximum absolute atomic E-state index is 12.6. The molecule has 3 fully saturated rings. The van der Waals surface area contributed by atoms with Gasteiger partial charge in [-0.25, -0.2) is 0 Å². The Morgan fingerprint density at radius 2 is 1.66 bits per heavy atom. The zero-order valence-electron chi connectivity index (χ0n) is 19.8. The third-order valence-corrected chi connectivity index (χ3v) is 7.41. The van der Waals surface area contributed by atoms with Crippen molar-refractivity contribution in [1.82, 2.24) is 9.80 Å². The van der Waals surface area contributed by atoms with Crippen LogP contribution in [0, 0.1) is 11.8 Å². The predicted octanol–water partition coefficient (Wildman–Crippen LogP) is 3.48. The van der Waals surface area contributed by atoms with Gasteiger partial charge in [-0.2, -0.15) is 0 Å². The van der Waals surface area contributed by atoms with Crippen LogP contribution < -0.4 is 0 Å². The van der Waals surface area contributed by atoms with Gasteiger partial charge in [-0.3, -0.25) is 9.69 Å². The lowest BCUT2D eigenvalue weighted by Gasteiger charge is -2.26. The van der Waals surface area contributed by atoms with Crippen molar-refractivity contribution in [2.24, 2.45) is 11.8 Å². The summed E-state index contributed by atoms with van der Waals surface area (Å²) in [6.45, 7) is 5.24. The highest BCUT2D eigenvalue weighted by molar-refractivity contribution is 5.77. The molecular weight excluding hydrogens is 404 g/mol. The highest BCUT2D eigenvalue weighted by Crippen LogP contribution is 2.38. The fourth-order valence-electron chi connectivity index (χ4n) is 5.37. The first kappa shape index (κ1) is 23.7. The molecule has 1 aromatic carbocycles. The second kappa shape index (κ2) is 11.6. The van der Waals surface area contributed by atoms with Crippen molar-refractivity contribution in [3.63, 3.8) is 0 Å². The molecule has 4 rings (SSSR count). The molecule has 6 heteroatoms. The smallest absolute Gasteiger partial charge is 0.225 e. The van der Waals surface area contributed by atoms with Gasteiger partial charge in [0.15, 0.2) is 6.29 Å². The van der Waals surface area contributed by atoms with Crippen LogP contribution in [-0.2, 0) is 32.0 Å². The minimum absolute atomic E-state index is 0.127. The van der Waals surface area contributed by atoms with E-state index < -0.39 is 0 Å². The van der Waals surface area contributed by atoms with Gasteiger partial charge in [-0.1, -0.05) is 30.7 Å². The first-order valence-electron chi connectivity index (χ1n) is 12.4. The van der Waals surface area contributed by atoms with Crippen LogP contribution in [0.25, 0.3) is 0 Å².